The second kappa shape index (κ2) is 9.06. The number of rotatable bonds is 7. The van der Waals surface area contributed by atoms with Gasteiger partial charge in [-0.25, -0.2) is 9.50 Å². The molecule has 2 aliphatic heterocycles. The number of halogens is 2. The summed E-state index contributed by atoms with van der Waals surface area (Å²) in [6.45, 7) is 2.54. The highest BCUT2D eigenvalue weighted by Gasteiger charge is 2.49. The highest BCUT2D eigenvalue weighted by Crippen LogP contribution is 2.41. The Labute approximate surface area is 221 Å². The van der Waals surface area contributed by atoms with E-state index in [2.05, 4.69) is 35.2 Å². The minimum Gasteiger partial charge on any atom is -0.380 e. The van der Waals surface area contributed by atoms with Crippen molar-refractivity contribution in [3.8, 4) is 11.5 Å². The molecular weight excluding hydrogens is 512 g/mol. The molecule has 1 amide bonds. The number of carbonyl (C=O) groups is 1. The number of nitrogens with one attached hydrogen (secondary N) is 1. The van der Waals surface area contributed by atoms with E-state index in [9.17, 15) is 13.6 Å². The number of nitrogens with zero attached hydrogens (tertiary/aromatic N) is 6. The first-order valence-electron chi connectivity index (χ1n) is 12.7. The third-order valence-corrected chi connectivity index (χ3v) is 7.72. The van der Waals surface area contributed by atoms with E-state index < -0.39 is 12.7 Å². The summed E-state index contributed by atoms with van der Waals surface area (Å²) < 4.78 is 41.6. The van der Waals surface area contributed by atoms with Crippen LogP contribution in [0.5, 0.6) is 0 Å². The highest BCUT2D eigenvalue weighted by molar-refractivity contribution is 6.09. The zero-order valence-electron chi connectivity index (χ0n) is 21.0. The molecule has 2 saturated heterocycles. The molecule has 0 radical (unpaired) electrons. The summed E-state index contributed by atoms with van der Waals surface area (Å²) in [6, 6.07) is 7.51. The topological polar surface area (TPSA) is 120 Å². The van der Waals surface area contributed by atoms with Gasteiger partial charge in [0.15, 0.2) is 0 Å². The van der Waals surface area contributed by atoms with E-state index in [0.29, 0.717) is 41.3 Å². The number of anilines is 2. The fraction of sp³-hybridized carbons (Fsp3) is 0.423. The maximum Gasteiger partial charge on any atom is 0.345 e. The van der Waals surface area contributed by atoms with Gasteiger partial charge in [-0.15, -0.1) is 0 Å². The molecule has 4 aromatic rings. The largest absolute Gasteiger partial charge is 0.380 e. The number of alkyl halides is 2. The van der Waals surface area contributed by atoms with Gasteiger partial charge in [0.1, 0.15) is 11.5 Å². The number of fused-ring (bicyclic) bond motifs is 1. The van der Waals surface area contributed by atoms with Crippen LogP contribution in [0.3, 0.4) is 0 Å². The Kier molecular flexibility index (Phi) is 5.60. The number of ether oxygens (including phenoxy) is 2. The maximum atomic E-state index is 13.3. The first-order valence-corrected chi connectivity index (χ1v) is 12.7. The van der Waals surface area contributed by atoms with E-state index in [0.717, 1.165) is 37.6 Å². The lowest BCUT2D eigenvalue weighted by atomic mass is 9.78. The Morgan fingerprint density at radius 2 is 2.03 bits per heavy atom. The molecular formula is C26H25F2N7O4. The minimum atomic E-state index is -2.79. The number of carbonyl (C=O) groups excluding carboxylic acids is 1. The van der Waals surface area contributed by atoms with Crippen molar-refractivity contribution >= 4 is 22.9 Å². The number of aromatic nitrogens is 5. The van der Waals surface area contributed by atoms with Gasteiger partial charge in [0, 0.05) is 30.9 Å². The van der Waals surface area contributed by atoms with E-state index in [1.165, 1.54) is 0 Å². The molecule has 11 nitrogen and oxygen atoms in total. The summed E-state index contributed by atoms with van der Waals surface area (Å²) in [7, 11) is 0. The van der Waals surface area contributed by atoms with Gasteiger partial charge < -0.3 is 24.2 Å². The fourth-order valence-electron chi connectivity index (χ4n) is 5.34. The lowest BCUT2D eigenvalue weighted by Gasteiger charge is -2.56. The van der Waals surface area contributed by atoms with E-state index in [1.54, 1.807) is 16.8 Å². The van der Waals surface area contributed by atoms with Gasteiger partial charge in [0.05, 0.1) is 42.0 Å². The number of aryl methyl sites for hydroxylation is 1. The second-order valence-electron chi connectivity index (χ2n) is 10.6. The smallest absolute Gasteiger partial charge is 0.345 e. The number of hydrogen-bond acceptors (Lipinski definition) is 9. The number of hydrogen-bond donors (Lipinski definition) is 1. The van der Waals surface area contributed by atoms with Crippen LogP contribution >= 0.6 is 0 Å². The molecule has 1 aliphatic carbocycles. The summed E-state index contributed by atoms with van der Waals surface area (Å²) in [5.41, 5.74) is 3.62. The summed E-state index contributed by atoms with van der Waals surface area (Å²) in [5.74, 6) is 0.499. The predicted molar refractivity (Wildman–Crippen MR) is 134 cm³/mol. The third kappa shape index (κ3) is 4.31. The van der Waals surface area contributed by atoms with Crippen LogP contribution < -0.4 is 10.2 Å². The molecule has 0 unspecified atom stereocenters. The van der Waals surface area contributed by atoms with E-state index in [4.69, 9.17) is 9.26 Å². The van der Waals surface area contributed by atoms with Crippen molar-refractivity contribution in [3.63, 3.8) is 0 Å². The molecule has 6 heterocycles. The van der Waals surface area contributed by atoms with Crippen molar-refractivity contribution in [2.75, 3.05) is 36.5 Å². The molecule has 1 spiro atoms. The third-order valence-electron chi connectivity index (χ3n) is 7.72. The summed E-state index contributed by atoms with van der Waals surface area (Å²) in [6.07, 6.45) is 3.66. The SMILES string of the molecule is Cc1ccc(-c2noc(C3CC(OC(F)F)C3)n2)nc1NC(=O)c1cnn2ccc(N3CC4(COC4)C3)cc12. The molecule has 202 valence electrons. The molecule has 0 bridgehead atoms. The Morgan fingerprint density at radius 1 is 1.21 bits per heavy atom. The van der Waals surface area contributed by atoms with Crippen LogP contribution in [-0.2, 0) is 9.47 Å². The molecule has 1 N–H and O–H groups in total. The van der Waals surface area contributed by atoms with Crippen molar-refractivity contribution in [1.29, 1.82) is 0 Å². The standard InChI is InChI=1S/C26H25F2N7O4/c1-14-2-3-19(22-32-24(39-33-22)15-6-17(7-15)38-25(27)28)30-21(14)31-23(36)18-9-29-35-5-4-16(8-20(18)35)34-10-26(11-34)12-37-13-26/h2-5,8-9,15,17,25H,6-7,10-13H2,1H3,(H,30,31,36). The zero-order valence-corrected chi connectivity index (χ0v) is 21.0. The summed E-state index contributed by atoms with van der Waals surface area (Å²) in [4.78, 5) is 24.5. The van der Waals surface area contributed by atoms with Gasteiger partial charge in [-0.2, -0.15) is 18.9 Å². The van der Waals surface area contributed by atoms with Gasteiger partial charge in [0.2, 0.25) is 11.7 Å². The average molecular weight is 538 g/mol. The van der Waals surface area contributed by atoms with Crippen LogP contribution in [-0.4, -0.2) is 69.7 Å². The van der Waals surface area contributed by atoms with Crippen molar-refractivity contribution in [2.24, 2.45) is 5.41 Å². The molecule has 0 aromatic carbocycles. The number of amides is 1. The lowest BCUT2D eigenvalue weighted by molar-refractivity contribution is -0.185. The van der Waals surface area contributed by atoms with Crippen LogP contribution in [0, 0.1) is 12.3 Å². The van der Waals surface area contributed by atoms with Gasteiger partial charge in [0.25, 0.3) is 5.91 Å². The van der Waals surface area contributed by atoms with Crippen molar-refractivity contribution < 1.29 is 27.6 Å². The summed E-state index contributed by atoms with van der Waals surface area (Å²) >= 11 is 0. The van der Waals surface area contributed by atoms with Gasteiger partial charge in [-0.1, -0.05) is 11.2 Å². The highest BCUT2D eigenvalue weighted by atomic mass is 19.3. The molecule has 39 heavy (non-hydrogen) atoms. The van der Waals surface area contributed by atoms with Gasteiger partial charge in [-0.05, 0) is 43.5 Å². The normalized spacial score (nSPS) is 21.6. The molecule has 3 aliphatic rings. The van der Waals surface area contributed by atoms with Crippen LogP contribution in [0.1, 0.15) is 40.6 Å². The monoisotopic (exact) mass is 537 g/mol. The molecule has 0 atom stereocenters. The van der Waals surface area contributed by atoms with Gasteiger partial charge in [-0.3, -0.25) is 4.79 Å². The first-order chi connectivity index (χ1) is 18.9. The quantitative estimate of drug-likeness (QED) is 0.377. The van der Waals surface area contributed by atoms with E-state index in [-0.39, 0.29) is 23.1 Å². The van der Waals surface area contributed by atoms with Crippen LogP contribution in [0.4, 0.5) is 20.3 Å². The predicted octanol–water partition coefficient (Wildman–Crippen LogP) is 3.66. The fourth-order valence-corrected chi connectivity index (χ4v) is 5.34. The average Bonchev–Trinajstić information content (AvgIpc) is 3.48. The van der Waals surface area contributed by atoms with Crippen molar-refractivity contribution in [3.05, 3.63) is 53.7 Å². The molecule has 1 saturated carbocycles. The lowest BCUT2D eigenvalue weighted by Crippen LogP contribution is -2.66. The molecule has 4 aromatic heterocycles. The van der Waals surface area contributed by atoms with Crippen molar-refractivity contribution in [2.45, 2.75) is 38.4 Å². The molecule has 3 fully saturated rings. The molecule has 7 rings (SSSR count). The van der Waals surface area contributed by atoms with E-state index in [1.807, 2.05) is 31.3 Å². The summed E-state index contributed by atoms with van der Waals surface area (Å²) in [5, 5.41) is 11.2. The first kappa shape index (κ1) is 24.1. The molecule has 13 heteroatoms. The van der Waals surface area contributed by atoms with Crippen LogP contribution in [0.2, 0.25) is 0 Å². The Hall–Kier alpha value is -3.97. The maximum absolute atomic E-state index is 13.3. The van der Waals surface area contributed by atoms with Crippen LogP contribution in [0.15, 0.2) is 41.2 Å². The van der Waals surface area contributed by atoms with Crippen LogP contribution in [0.25, 0.3) is 17.0 Å². The number of pyridine rings is 2. The Bertz CT molecular complexity index is 1550. The van der Waals surface area contributed by atoms with Crippen molar-refractivity contribution in [1.82, 2.24) is 24.7 Å². The van der Waals surface area contributed by atoms with E-state index >= 15 is 0 Å². The zero-order chi connectivity index (χ0) is 26.7. The minimum absolute atomic E-state index is 0.135. The Balaban J connectivity index is 1.07. The van der Waals surface area contributed by atoms with Gasteiger partial charge >= 0.3 is 6.61 Å². The Morgan fingerprint density at radius 3 is 2.77 bits per heavy atom. The second-order valence-corrected chi connectivity index (χ2v) is 10.6.